The molecule has 0 bridgehead atoms. The number of carbonyl (C=O) groups is 1. The van der Waals surface area contributed by atoms with Crippen molar-refractivity contribution < 1.29 is 4.79 Å². The largest absolute Gasteiger partial charge is 0.352 e. The van der Waals surface area contributed by atoms with Gasteiger partial charge >= 0.3 is 0 Å². The Labute approximate surface area is 93.9 Å². The van der Waals surface area contributed by atoms with Crippen molar-refractivity contribution in [2.24, 2.45) is 5.92 Å². The van der Waals surface area contributed by atoms with Crippen molar-refractivity contribution in [3.63, 3.8) is 0 Å². The van der Waals surface area contributed by atoms with Gasteiger partial charge in [0.2, 0.25) is 0 Å². The Morgan fingerprint density at radius 3 is 3.27 bits per heavy atom. The quantitative estimate of drug-likeness (QED) is 0.816. The molecule has 2 N–H and O–H groups in total. The molecule has 0 radical (unpaired) electrons. The second-order valence-corrected chi connectivity index (χ2v) is 4.71. The van der Waals surface area contributed by atoms with E-state index in [0.29, 0.717) is 5.92 Å². The van der Waals surface area contributed by atoms with Gasteiger partial charge in [-0.2, -0.15) is 11.3 Å². The molecular formula is C11H16N2OS. The molecule has 15 heavy (non-hydrogen) atoms. The van der Waals surface area contributed by atoms with E-state index in [1.165, 1.54) is 12.8 Å². The predicted octanol–water partition coefficient (Wildman–Crippen LogP) is 1.48. The molecule has 0 aromatic carbocycles. The lowest BCUT2D eigenvalue weighted by Crippen LogP contribution is -2.37. The highest BCUT2D eigenvalue weighted by molar-refractivity contribution is 7.08. The fourth-order valence-corrected chi connectivity index (χ4v) is 2.47. The van der Waals surface area contributed by atoms with Crippen molar-refractivity contribution >= 4 is 17.2 Å². The number of piperidine rings is 1. The Morgan fingerprint density at radius 2 is 2.60 bits per heavy atom. The van der Waals surface area contributed by atoms with Crippen LogP contribution in [0.2, 0.25) is 0 Å². The molecule has 1 aromatic rings. The topological polar surface area (TPSA) is 41.1 Å². The van der Waals surface area contributed by atoms with E-state index >= 15 is 0 Å². The number of carbonyl (C=O) groups excluding carboxylic acids is 1. The molecule has 1 aromatic heterocycles. The van der Waals surface area contributed by atoms with Crippen LogP contribution in [0.25, 0.3) is 0 Å². The van der Waals surface area contributed by atoms with Crippen LogP contribution in [0.1, 0.15) is 23.2 Å². The van der Waals surface area contributed by atoms with Crippen LogP contribution in [0.15, 0.2) is 16.8 Å². The maximum atomic E-state index is 11.6. The summed E-state index contributed by atoms with van der Waals surface area (Å²) in [5.74, 6) is 0.656. The van der Waals surface area contributed by atoms with Gasteiger partial charge in [-0.25, -0.2) is 0 Å². The SMILES string of the molecule is O=C(NC[C@@H]1CCCNC1)c1ccsc1. The summed E-state index contributed by atoms with van der Waals surface area (Å²) in [4.78, 5) is 11.6. The number of hydrogen-bond donors (Lipinski definition) is 2. The number of thiophene rings is 1. The summed E-state index contributed by atoms with van der Waals surface area (Å²) in [6.45, 7) is 2.95. The van der Waals surface area contributed by atoms with Crippen molar-refractivity contribution in [1.29, 1.82) is 0 Å². The lowest BCUT2D eigenvalue weighted by molar-refractivity contribution is 0.0945. The van der Waals surface area contributed by atoms with Crippen molar-refractivity contribution in [3.8, 4) is 0 Å². The minimum absolute atomic E-state index is 0.0572. The van der Waals surface area contributed by atoms with Crippen molar-refractivity contribution in [2.45, 2.75) is 12.8 Å². The monoisotopic (exact) mass is 224 g/mol. The molecule has 0 unspecified atom stereocenters. The molecular weight excluding hydrogens is 208 g/mol. The lowest BCUT2D eigenvalue weighted by Gasteiger charge is -2.22. The maximum absolute atomic E-state index is 11.6. The fraction of sp³-hybridized carbons (Fsp3) is 0.545. The third-order valence-electron chi connectivity index (χ3n) is 2.73. The summed E-state index contributed by atoms with van der Waals surface area (Å²) in [6.07, 6.45) is 2.44. The molecule has 0 aliphatic carbocycles. The number of rotatable bonds is 3. The van der Waals surface area contributed by atoms with Gasteiger partial charge in [-0.15, -0.1) is 0 Å². The Morgan fingerprint density at radius 1 is 1.67 bits per heavy atom. The minimum atomic E-state index is 0.0572. The van der Waals surface area contributed by atoms with Crippen LogP contribution >= 0.6 is 11.3 Å². The van der Waals surface area contributed by atoms with E-state index in [0.717, 1.165) is 25.2 Å². The molecule has 1 atom stereocenters. The van der Waals surface area contributed by atoms with Gasteiger partial charge < -0.3 is 10.6 Å². The van der Waals surface area contributed by atoms with Gasteiger partial charge in [-0.3, -0.25) is 4.79 Å². The molecule has 82 valence electrons. The highest BCUT2D eigenvalue weighted by Gasteiger charge is 2.14. The first-order valence-corrected chi connectivity index (χ1v) is 6.31. The van der Waals surface area contributed by atoms with Gasteiger partial charge in [0.15, 0.2) is 0 Å². The summed E-state index contributed by atoms with van der Waals surface area (Å²) in [5.41, 5.74) is 0.781. The first-order chi connectivity index (χ1) is 7.36. The van der Waals surface area contributed by atoms with Crippen LogP contribution < -0.4 is 10.6 Å². The number of hydrogen-bond acceptors (Lipinski definition) is 3. The van der Waals surface area contributed by atoms with E-state index in [4.69, 9.17) is 0 Å². The van der Waals surface area contributed by atoms with E-state index in [1.54, 1.807) is 11.3 Å². The highest BCUT2D eigenvalue weighted by atomic mass is 32.1. The molecule has 1 aliphatic rings. The lowest BCUT2D eigenvalue weighted by atomic mass is 10.00. The van der Waals surface area contributed by atoms with Crippen LogP contribution in [0.5, 0.6) is 0 Å². The summed E-state index contributed by atoms with van der Waals surface area (Å²) >= 11 is 1.56. The molecule has 0 saturated carbocycles. The van der Waals surface area contributed by atoms with E-state index < -0.39 is 0 Å². The van der Waals surface area contributed by atoms with E-state index in [1.807, 2.05) is 16.8 Å². The average Bonchev–Trinajstić information content (AvgIpc) is 2.81. The molecule has 1 fully saturated rings. The molecule has 2 rings (SSSR count). The fourth-order valence-electron chi connectivity index (χ4n) is 1.83. The van der Waals surface area contributed by atoms with Crippen LogP contribution in [0.3, 0.4) is 0 Å². The van der Waals surface area contributed by atoms with Gasteiger partial charge in [-0.05, 0) is 43.3 Å². The third kappa shape index (κ3) is 3.04. The summed E-state index contributed by atoms with van der Waals surface area (Å²) in [7, 11) is 0. The Hall–Kier alpha value is -0.870. The Balaban J connectivity index is 1.75. The summed E-state index contributed by atoms with van der Waals surface area (Å²) in [6, 6.07) is 1.86. The second-order valence-electron chi connectivity index (χ2n) is 3.93. The normalized spacial score (nSPS) is 21.2. The molecule has 4 heteroatoms. The van der Waals surface area contributed by atoms with Crippen LogP contribution in [0, 0.1) is 5.92 Å². The molecule has 2 heterocycles. The third-order valence-corrected chi connectivity index (χ3v) is 3.42. The van der Waals surface area contributed by atoms with E-state index in [9.17, 15) is 4.79 Å². The van der Waals surface area contributed by atoms with E-state index in [-0.39, 0.29) is 5.91 Å². The summed E-state index contributed by atoms with van der Waals surface area (Å²) < 4.78 is 0. The van der Waals surface area contributed by atoms with Gasteiger partial charge in [-0.1, -0.05) is 0 Å². The smallest absolute Gasteiger partial charge is 0.252 e. The zero-order valence-electron chi connectivity index (χ0n) is 8.66. The minimum Gasteiger partial charge on any atom is -0.352 e. The Kier molecular flexibility index (Phi) is 3.75. The standard InChI is InChI=1S/C11H16N2OS/c14-11(10-3-5-15-8-10)13-7-9-2-1-4-12-6-9/h3,5,8-9,12H,1-2,4,6-7H2,(H,13,14)/t9-/m1/s1. The van der Waals surface area contributed by atoms with E-state index in [2.05, 4.69) is 10.6 Å². The van der Waals surface area contributed by atoms with Crippen LogP contribution in [-0.2, 0) is 0 Å². The highest BCUT2D eigenvalue weighted by Crippen LogP contribution is 2.09. The average molecular weight is 224 g/mol. The Bertz CT molecular complexity index is 304. The van der Waals surface area contributed by atoms with Crippen LogP contribution in [-0.4, -0.2) is 25.5 Å². The predicted molar refractivity (Wildman–Crippen MR) is 62.2 cm³/mol. The van der Waals surface area contributed by atoms with Crippen molar-refractivity contribution in [1.82, 2.24) is 10.6 Å². The maximum Gasteiger partial charge on any atom is 0.252 e. The van der Waals surface area contributed by atoms with Gasteiger partial charge in [0.05, 0.1) is 0 Å². The first-order valence-electron chi connectivity index (χ1n) is 5.37. The zero-order chi connectivity index (χ0) is 10.5. The molecule has 1 aliphatic heterocycles. The van der Waals surface area contributed by atoms with Gasteiger partial charge in [0.25, 0.3) is 5.91 Å². The molecule has 3 nitrogen and oxygen atoms in total. The molecule has 1 amide bonds. The second kappa shape index (κ2) is 5.28. The van der Waals surface area contributed by atoms with Gasteiger partial charge in [0.1, 0.15) is 0 Å². The van der Waals surface area contributed by atoms with Crippen molar-refractivity contribution in [3.05, 3.63) is 22.4 Å². The van der Waals surface area contributed by atoms with Crippen LogP contribution in [0.4, 0.5) is 0 Å². The molecule has 1 saturated heterocycles. The molecule has 0 spiro atoms. The first kappa shape index (κ1) is 10.6. The number of nitrogens with one attached hydrogen (secondary N) is 2. The number of amides is 1. The van der Waals surface area contributed by atoms with Gasteiger partial charge in [0, 0.05) is 17.5 Å². The van der Waals surface area contributed by atoms with Crippen molar-refractivity contribution in [2.75, 3.05) is 19.6 Å². The summed E-state index contributed by atoms with van der Waals surface area (Å²) in [5, 5.41) is 10.1. The zero-order valence-corrected chi connectivity index (χ0v) is 9.48.